The summed E-state index contributed by atoms with van der Waals surface area (Å²) in [5.41, 5.74) is 0. The number of rotatable bonds is 7. The normalized spacial score (nSPS) is 26.1. The molecule has 102 valence electrons. The van der Waals surface area contributed by atoms with Gasteiger partial charge in [0.2, 0.25) is 0 Å². The third-order valence-corrected chi connectivity index (χ3v) is 4.16. The summed E-state index contributed by atoms with van der Waals surface area (Å²) in [5, 5.41) is 3.72. The molecule has 0 aliphatic heterocycles. The van der Waals surface area contributed by atoms with E-state index in [1.165, 1.54) is 51.5 Å². The Hall–Kier alpha value is -0.0800. The largest absolute Gasteiger partial charge is 0.385 e. The van der Waals surface area contributed by atoms with Crippen LogP contribution in [0.4, 0.5) is 0 Å². The SMILES string of the molecule is COCCCCNC1CCCC(C(C)C)CC1. The van der Waals surface area contributed by atoms with E-state index in [0.29, 0.717) is 0 Å². The Bertz CT molecular complexity index is 182. The van der Waals surface area contributed by atoms with Crippen LogP contribution in [0, 0.1) is 11.8 Å². The standard InChI is InChI=1S/C15H31NO/c1-13(2)14-7-6-8-15(10-9-14)16-11-4-5-12-17-3/h13-16H,4-12H2,1-3H3. The lowest BCUT2D eigenvalue weighted by atomic mass is 9.89. The van der Waals surface area contributed by atoms with Gasteiger partial charge in [0.05, 0.1) is 0 Å². The zero-order valence-electron chi connectivity index (χ0n) is 12.0. The summed E-state index contributed by atoms with van der Waals surface area (Å²) in [5.74, 6) is 1.84. The molecule has 2 atom stereocenters. The summed E-state index contributed by atoms with van der Waals surface area (Å²) in [4.78, 5) is 0. The van der Waals surface area contributed by atoms with Crippen molar-refractivity contribution in [2.45, 2.75) is 64.8 Å². The molecule has 17 heavy (non-hydrogen) atoms. The second-order valence-corrected chi connectivity index (χ2v) is 5.86. The van der Waals surface area contributed by atoms with E-state index in [0.717, 1.165) is 24.5 Å². The van der Waals surface area contributed by atoms with Crippen LogP contribution in [0.5, 0.6) is 0 Å². The molecule has 2 nitrogen and oxygen atoms in total. The predicted octanol–water partition coefficient (Wildman–Crippen LogP) is 3.61. The number of methoxy groups -OCH3 is 1. The monoisotopic (exact) mass is 241 g/mol. The van der Waals surface area contributed by atoms with Crippen molar-refractivity contribution >= 4 is 0 Å². The van der Waals surface area contributed by atoms with Crippen LogP contribution in [0.25, 0.3) is 0 Å². The van der Waals surface area contributed by atoms with Gasteiger partial charge in [-0.25, -0.2) is 0 Å². The molecule has 0 spiro atoms. The van der Waals surface area contributed by atoms with Crippen LogP contribution < -0.4 is 5.32 Å². The fraction of sp³-hybridized carbons (Fsp3) is 1.00. The third-order valence-electron chi connectivity index (χ3n) is 4.16. The van der Waals surface area contributed by atoms with Gasteiger partial charge < -0.3 is 10.1 Å². The maximum Gasteiger partial charge on any atom is 0.0462 e. The van der Waals surface area contributed by atoms with Gasteiger partial charge in [0.15, 0.2) is 0 Å². The minimum Gasteiger partial charge on any atom is -0.385 e. The molecule has 0 radical (unpaired) electrons. The number of unbranched alkanes of at least 4 members (excludes halogenated alkanes) is 1. The molecule has 0 bridgehead atoms. The van der Waals surface area contributed by atoms with E-state index in [1.807, 2.05) is 0 Å². The first-order valence-electron chi connectivity index (χ1n) is 7.46. The maximum absolute atomic E-state index is 5.07. The van der Waals surface area contributed by atoms with Crippen molar-refractivity contribution < 1.29 is 4.74 Å². The zero-order valence-corrected chi connectivity index (χ0v) is 12.0. The van der Waals surface area contributed by atoms with Gasteiger partial charge in [-0.1, -0.05) is 26.7 Å². The molecular weight excluding hydrogens is 210 g/mol. The summed E-state index contributed by atoms with van der Waals surface area (Å²) in [6, 6.07) is 0.779. The second kappa shape index (κ2) is 8.93. The first kappa shape index (κ1) is 15.0. The summed E-state index contributed by atoms with van der Waals surface area (Å²) >= 11 is 0. The van der Waals surface area contributed by atoms with E-state index in [4.69, 9.17) is 4.74 Å². The highest BCUT2D eigenvalue weighted by Crippen LogP contribution is 2.28. The Morgan fingerprint density at radius 2 is 1.94 bits per heavy atom. The second-order valence-electron chi connectivity index (χ2n) is 5.86. The Morgan fingerprint density at radius 3 is 2.65 bits per heavy atom. The highest BCUT2D eigenvalue weighted by Gasteiger charge is 2.20. The van der Waals surface area contributed by atoms with Crippen molar-refractivity contribution in [1.82, 2.24) is 5.32 Å². The van der Waals surface area contributed by atoms with E-state index in [2.05, 4.69) is 19.2 Å². The van der Waals surface area contributed by atoms with Crippen LogP contribution in [0.1, 0.15) is 58.8 Å². The lowest BCUT2D eigenvalue weighted by molar-refractivity contribution is 0.192. The Balaban J connectivity index is 2.09. The fourth-order valence-corrected chi connectivity index (χ4v) is 2.88. The minimum atomic E-state index is 0.779. The summed E-state index contributed by atoms with van der Waals surface area (Å²) < 4.78 is 5.07. The van der Waals surface area contributed by atoms with Crippen LogP contribution in [0.3, 0.4) is 0 Å². The van der Waals surface area contributed by atoms with E-state index in [9.17, 15) is 0 Å². The molecular formula is C15H31NO. The molecule has 0 saturated heterocycles. The average molecular weight is 241 g/mol. The van der Waals surface area contributed by atoms with Crippen LogP contribution in [0.2, 0.25) is 0 Å². The Morgan fingerprint density at radius 1 is 1.12 bits per heavy atom. The Labute approximate surface area is 108 Å². The van der Waals surface area contributed by atoms with Crippen molar-refractivity contribution in [2.75, 3.05) is 20.3 Å². The highest BCUT2D eigenvalue weighted by molar-refractivity contribution is 4.76. The molecule has 0 heterocycles. The van der Waals surface area contributed by atoms with E-state index in [1.54, 1.807) is 7.11 Å². The number of nitrogens with one attached hydrogen (secondary N) is 1. The molecule has 1 N–H and O–H groups in total. The van der Waals surface area contributed by atoms with Crippen molar-refractivity contribution in [3.05, 3.63) is 0 Å². The van der Waals surface area contributed by atoms with Crippen LogP contribution in [-0.4, -0.2) is 26.3 Å². The van der Waals surface area contributed by atoms with Gasteiger partial charge >= 0.3 is 0 Å². The number of hydrogen-bond donors (Lipinski definition) is 1. The van der Waals surface area contributed by atoms with Gasteiger partial charge in [-0.2, -0.15) is 0 Å². The van der Waals surface area contributed by atoms with Crippen LogP contribution in [0.15, 0.2) is 0 Å². The lowest BCUT2D eigenvalue weighted by Crippen LogP contribution is -2.29. The smallest absolute Gasteiger partial charge is 0.0462 e. The molecule has 1 saturated carbocycles. The van der Waals surface area contributed by atoms with Gasteiger partial charge in [-0.3, -0.25) is 0 Å². The number of ether oxygens (including phenoxy) is 1. The molecule has 2 heteroatoms. The van der Waals surface area contributed by atoms with Gasteiger partial charge in [0, 0.05) is 19.8 Å². The minimum absolute atomic E-state index is 0.779. The topological polar surface area (TPSA) is 21.3 Å². The van der Waals surface area contributed by atoms with Gasteiger partial charge in [0.25, 0.3) is 0 Å². The first-order chi connectivity index (χ1) is 8.24. The quantitative estimate of drug-likeness (QED) is 0.543. The van der Waals surface area contributed by atoms with E-state index < -0.39 is 0 Å². The lowest BCUT2D eigenvalue weighted by Gasteiger charge is -2.19. The van der Waals surface area contributed by atoms with Crippen molar-refractivity contribution in [3.63, 3.8) is 0 Å². The van der Waals surface area contributed by atoms with Crippen molar-refractivity contribution in [1.29, 1.82) is 0 Å². The summed E-state index contributed by atoms with van der Waals surface area (Å²) in [6.07, 6.45) is 9.48. The molecule has 2 unspecified atom stereocenters. The highest BCUT2D eigenvalue weighted by atomic mass is 16.5. The van der Waals surface area contributed by atoms with Crippen LogP contribution in [-0.2, 0) is 4.74 Å². The zero-order chi connectivity index (χ0) is 12.5. The molecule has 1 fully saturated rings. The average Bonchev–Trinajstić information content (AvgIpc) is 2.54. The third kappa shape index (κ3) is 6.42. The first-order valence-corrected chi connectivity index (χ1v) is 7.46. The molecule has 0 aromatic carbocycles. The van der Waals surface area contributed by atoms with Gasteiger partial charge in [-0.05, 0) is 50.5 Å². The molecule has 1 rings (SSSR count). The summed E-state index contributed by atoms with van der Waals surface area (Å²) in [6.45, 7) is 6.83. The Kier molecular flexibility index (Phi) is 7.87. The molecule has 1 aliphatic rings. The van der Waals surface area contributed by atoms with Gasteiger partial charge in [-0.15, -0.1) is 0 Å². The molecule has 0 amide bonds. The molecule has 0 aromatic rings. The van der Waals surface area contributed by atoms with E-state index >= 15 is 0 Å². The van der Waals surface area contributed by atoms with Crippen molar-refractivity contribution in [3.8, 4) is 0 Å². The maximum atomic E-state index is 5.07. The predicted molar refractivity (Wildman–Crippen MR) is 74.3 cm³/mol. The molecule has 0 aromatic heterocycles. The molecule has 1 aliphatic carbocycles. The van der Waals surface area contributed by atoms with Crippen LogP contribution >= 0.6 is 0 Å². The summed E-state index contributed by atoms with van der Waals surface area (Å²) in [7, 11) is 1.78. The van der Waals surface area contributed by atoms with Crippen molar-refractivity contribution in [2.24, 2.45) is 11.8 Å². The number of hydrogen-bond acceptors (Lipinski definition) is 2. The fourth-order valence-electron chi connectivity index (χ4n) is 2.88. The van der Waals surface area contributed by atoms with E-state index in [-0.39, 0.29) is 0 Å². The van der Waals surface area contributed by atoms with Gasteiger partial charge in [0.1, 0.15) is 0 Å².